The van der Waals surface area contributed by atoms with Gasteiger partial charge in [-0.1, -0.05) is 6.07 Å². The van der Waals surface area contributed by atoms with Crippen LogP contribution in [0.15, 0.2) is 30.6 Å². The quantitative estimate of drug-likeness (QED) is 0.675. The van der Waals surface area contributed by atoms with E-state index in [4.69, 9.17) is 5.11 Å². The largest absolute Gasteiger partial charge is 0.481 e. The molecule has 0 bridgehead atoms. The normalized spacial score (nSPS) is 10.4. The Hall–Kier alpha value is -2.90. The van der Waals surface area contributed by atoms with Crippen LogP contribution in [0, 0.1) is 12.7 Å². The zero-order valence-electron chi connectivity index (χ0n) is 13.3. The van der Waals surface area contributed by atoms with Crippen molar-refractivity contribution in [2.45, 2.75) is 26.3 Å². The summed E-state index contributed by atoms with van der Waals surface area (Å²) in [5.41, 5.74) is 1.02. The Morgan fingerprint density at radius 2 is 2.12 bits per heavy atom. The minimum absolute atomic E-state index is 0.000615. The molecule has 128 valence electrons. The number of aliphatic carboxylic acids is 1. The first-order valence-corrected chi connectivity index (χ1v) is 7.49. The Labute approximate surface area is 138 Å². The summed E-state index contributed by atoms with van der Waals surface area (Å²) < 4.78 is 15.8. The molecule has 1 aromatic carbocycles. The number of halogens is 1. The van der Waals surface area contributed by atoms with Crippen LogP contribution in [-0.2, 0) is 11.3 Å². The van der Waals surface area contributed by atoms with Crippen LogP contribution >= 0.6 is 0 Å². The fourth-order valence-corrected chi connectivity index (χ4v) is 2.17. The summed E-state index contributed by atoms with van der Waals surface area (Å²) in [7, 11) is 0. The molecule has 0 saturated heterocycles. The maximum atomic E-state index is 14.2. The Morgan fingerprint density at radius 1 is 1.33 bits per heavy atom. The molecule has 0 aliphatic rings. The van der Waals surface area contributed by atoms with E-state index in [1.54, 1.807) is 36.0 Å². The molecule has 24 heavy (non-hydrogen) atoms. The molecule has 1 aromatic heterocycles. The van der Waals surface area contributed by atoms with Crippen LogP contribution in [-0.4, -0.2) is 33.2 Å². The fraction of sp³-hybridized carbons (Fsp3) is 0.312. The topological polar surface area (TPSA) is 96.3 Å². The van der Waals surface area contributed by atoms with Gasteiger partial charge in [0.2, 0.25) is 0 Å². The molecule has 0 aliphatic heterocycles. The number of nitrogens with zero attached hydrogens (tertiary/aromatic N) is 2. The summed E-state index contributed by atoms with van der Waals surface area (Å²) in [5.74, 6) is -0.626. The zero-order chi connectivity index (χ0) is 17.5. The van der Waals surface area contributed by atoms with Crippen molar-refractivity contribution in [3.05, 3.63) is 47.8 Å². The van der Waals surface area contributed by atoms with Crippen molar-refractivity contribution in [1.29, 1.82) is 0 Å². The SMILES string of the molecule is Cc1nccn1-c1ccc(CNC(=O)NCCCC(=O)O)cc1F. The Kier molecular flexibility index (Phi) is 5.89. The molecule has 7 nitrogen and oxygen atoms in total. The molecular formula is C16H19FN4O3. The van der Waals surface area contributed by atoms with Crippen molar-refractivity contribution < 1.29 is 19.1 Å². The number of aryl methyl sites for hydroxylation is 1. The third-order valence-corrected chi connectivity index (χ3v) is 3.40. The van der Waals surface area contributed by atoms with Gasteiger partial charge in [0.1, 0.15) is 11.6 Å². The molecule has 0 radical (unpaired) electrons. The standard InChI is InChI=1S/C16H19FN4O3/c1-11-18-7-8-21(11)14-5-4-12(9-13(14)17)10-20-16(24)19-6-2-3-15(22)23/h4-5,7-9H,2-3,6,10H2,1H3,(H,22,23)(H2,19,20,24). The highest BCUT2D eigenvalue weighted by molar-refractivity contribution is 5.74. The summed E-state index contributed by atoms with van der Waals surface area (Å²) in [5, 5.41) is 13.6. The maximum Gasteiger partial charge on any atom is 0.315 e. The van der Waals surface area contributed by atoms with Crippen LogP contribution in [0.3, 0.4) is 0 Å². The zero-order valence-corrected chi connectivity index (χ0v) is 13.3. The summed E-state index contributed by atoms with van der Waals surface area (Å²) in [4.78, 5) is 26.0. The maximum absolute atomic E-state index is 14.2. The van der Waals surface area contributed by atoms with Crippen molar-refractivity contribution >= 4 is 12.0 Å². The molecule has 0 saturated carbocycles. The first-order chi connectivity index (χ1) is 11.5. The number of carbonyl (C=O) groups excluding carboxylic acids is 1. The van der Waals surface area contributed by atoms with Crippen molar-refractivity contribution in [1.82, 2.24) is 20.2 Å². The second-order valence-corrected chi connectivity index (χ2v) is 5.24. The second kappa shape index (κ2) is 8.09. The molecule has 2 amide bonds. The van der Waals surface area contributed by atoms with E-state index < -0.39 is 17.8 Å². The third kappa shape index (κ3) is 4.80. The number of aromatic nitrogens is 2. The van der Waals surface area contributed by atoms with Gasteiger partial charge in [0.15, 0.2) is 0 Å². The van der Waals surface area contributed by atoms with Crippen molar-refractivity contribution in [3.63, 3.8) is 0 Å². The predicted octanol–water partition coefficient (Wildman–Crippen LogP) is 1.98. The lowest BCUT2D eigenvalue weighted by molar-refractivity contribution is -0.137. The van der Waals surface area contributed by atoms with Gasteiger partial charge < -0.3 is 20.3 Å². The average Bonchev–Trinajstić information content (AvgIpc) is 2.95. The molecule has 0 spiro atoms. The van der Waals surface area contributed by atoms with E-state index >= 15 is 0 Å². The first-order valence-electron chi connectivity index (χ1n) is 7.49. The summed E-state index contributed by atoms with van der Waals surface area (Å²) in [6.07, 6.45) is 3.63. The van der Waals surface area contributed by atoms with Gasteiger partial charge in [0, 0.05) is 31.9 Å². The van der Waals surface area contributed by atoms with Crippen LogP contribution in [0.5, 0.6) is 0 Å². The number of carboxylic acid groups (broad SMARTS) is 1. The van der Waals surface area contributed by atoms with Gasteiger partial charge in [-0.25, -0.2) is 14.2 Å². The van der Waals surface area contributed by atoms with Crippen LogP contribution in [0.2, 0.25) is 0 Å². The number of carboxylic acids is 1. The van der Waals surface area contributed by atoms with E-state index in [0.29, 0.717) is 23.5 Å². The van der Waals surface area contributed by atoms with Gasteiger partial charge in [0.05, 0.1) is 5.69 Å². The number of carbonyl (C=O) groups is 2. The summed E-state index contributed by atoms with van der Waals surface area (Å²) in [6.45, 7) is 2.22. The molecule has 2 aromatic rings. The number of urea groups is 1. The Balaban J connectivity index is 1.85. The van der Waals surface area contributed by atoms with E-state index in [0.717, 1.165) is 0 Å². The van der Waals surface area contributed by atoms with Crippen molar-refractivity contribution in [2.24, 2.45) is 0 Å². The lowest BCUT2D eigenvalue weighted by atomic mass is 10.2. The van der Waals surface area contributed by atoms with E-state index in [-0.39, 0.29) is 19.5 Å². The van der Waals surface area contributed by atoms with Crippen LogP contribution in [0.4, 0.5) is 9.18 Å². The highest BCUT2D eigenvalue weighted by Crippen LogP contribution is 2.16. The highest BCUT2D eigenvalue weighted by Gasteiger charge is 2.08. The first kappa shape index (κ1) is 17.5. The summed E-state index contributed by atoms with van der Waals surface area (Å²) in [6, 6.07) is 4.30. The van der Waals surface area contributed by atoms with Crippen molar-refractivity contribution in [2.75, 3.05) is 6.54 Å². The van der Waals surface area contributed by atoms with Gasteiger partial charge in [-0.15, -0.1) is 0 Å². The lowest BCUT2D eigenvalue weighted by Gasteiger charge is -2.10. The number of rotatable bonds is 7. The number of nitrogens with one attached hydrogen (secondary N) is 2. The molecule has 0 fully saturated rings. The van der Waals surface area contributed by atoms with Gasteiger partial charge >= 0.3 is 12.0 Å². The smallest absolute Gasteiger partial charge is 0.315 e. The van der Waals surface area contributed by atoms with Gasteiger partial charge in [-0.3, -0.25) is 4.79 Å². The monoisotopic (exact) mass is 334 g/mol. The molecule has 1 heterocycles. The molecule has 0 aliphatic carbocycles. The summed E-state index contributed by atoms with van der Waals surface area (Å²) >= 11 is 0. The molecular weight excluding hydrogens is 315 g/mol. The van der Waals surface area contributed by atoms with E-state index in [2.05, 4.69) is 15.6 Å². The second-order valence-electron chi connectivity index (χ2n) is 5.24. The Morgan fingerprint density at radius 3 is 2.75 bits per heavy atom. The number of benzene rings is 1. The van der Waals surface area contributed by atoms with Gasteiger partial charge in [-0.05, 0) is 31.0 Å². The van der Waals surface area contributed by atoms with Crippen LogP contribution in [0.25, 0.3) is 5.69 Å². The number of amides is 2. The van der Waals surface area contributed by atoms with Gasteiger partial charge in [-0.2, -0.15) is 0 Å². The number of imidazole rings is 1. The molecule has 0 atom stereocenters. The van der Waals surface area contributed by atoms with E-state index in [1.807, 2.05) is 0 Å². The Bertz CT molecular complexity index is 730. The highest BCUT2D eigenvalue weighted by atomic mass is 19.1. The molecule has 3 N–H and O–H groups in total. The lowest BCUT2D eigenvalue weighted by Crippen LogP contribution is -2.35. The molecule has 8 heteroatoms. The third-order valence-electron chi connectivity index (χ3n) is 3.40. The average molecular weight is 334 g/mol. The molecule has 0 unspecified atom stereocenters. The van der Waals surface area contributed by atoms with Gasteiger partial charge in [0.25, 0.3) is 0 Å². The fourth-order valence-electron chi connectivity index (χ4n) is 2.17. The van der Waals surface area contributed by atoms with Crippen LogP contribution in [0.1, 0.15) is 24.2 Å². The van der Waals surface area contributed by atoms with Crippen molar-refractivity contribution in [3.8, 4) is 5.69 Å². The predicted molar refractivity (Wildman–Crippen MR) is 85.4 cm³/mol. The minimum atomic E-state index is -0.902. The van der Waals surface area contributed by atoms with E-state index in [9.17, 15) is 14.0 Å². The number of hydrogen-bond acceptors (Lipinski definition) is 3. The minimum Gasteiger partial charge on any atom is -0.481 e. The number of hydrogen-bond donors (Lipinski definition) is 3. The molecule has 2 rings (SSSR count). The van der Waals surface area contributed by atoms with Crippen LogP contribution < -0.4 is 10.6 Å². The van der Waals surface area contributed by atoms with E-state index in [1.165, 1.54) is 6.07 Å².